The third kappa shape index (κ3) is 2.86. The minimum absolute atomic E-state index is 0.0260. The Morgan fingerprint density at radius 3 is 2.71 bits per heavy atom. The SMILES string of the molecule is O=C(Nc1cnnc(Cl)c1)c1nccnc1Cl. The van der Waals surface area contributed by atoms with Crippen LogP contribution in [0.2, 0.25) is 10.3 Å². The first-order valence-corrected chi connectivity index (χ1v) is 5.18. The largest absolute Gasteiger partial charge is 0.319 e. The van der Waals surface area contributed by atoms with E-state index in [4.69, 9.17) is 23.2 Å². The van der Waals surface area contributed by atoms with Crippen LogP contribution in [0.1, 0.15) is 10.5 Å². The van der Waals surface area contributed by atoms with Crippen LogP contribution in [0.25, 0.3) is 0 Å². The van der Waals surface area contributed by atoms with E-state index < -0.39 is 5.91 Å². The molecule has 6 nitrogen and oxygen atoms in total. The van der Waals surface area contributed by atoms with E-state index in [-0.39, 0.29) is 16.0 Å². The molecule has 2 heterocycles. The van der Waals surface area contributed by atoms with Gasteiger partial charge in [-0.05, 0) is 0 Å². The highest BCUT2D eigenvalue weighted by molar-refractivity contribution is 6.33. The number of hydrogen-bond acceptors (Lipinski definition) is 5. The van der Waals surface area contributed by atoms with Crippen molar-refractivity contribution in [2.45, 2.75) is 0 Å². The van der Waals surface area contributed by atoms with Crippen LogP contribution in [0, 0.1) is 0 Å². The van der Waals surface area contributed by atoms with Crippen molar-refractivity contribution in [3.05, 3.63) is 40.7 Å². The molecule has 2 rings (SSSR count). The van der Waals surface area contributed by atoms with Gasteiger partial charge in [-0.3, -0.25) is 4.79 Å². The van der Waals surface area contributed by atoms with E-state index in [1.54, 1.807) is 0 Å². The van der Waals surface area contributed by atoms with E-state index in [2.05, 4.69) is 25.5 Å². The molecule has 17 heavy (non-hydrogen) atoms. The van der Waals surface area contributed by atoms with Gasteiger partial charge in [-0.2, -0.15) is 5.10 Å². The Morgan fingerprint density at radius 1 is 1.24 bits per heavy atom. The molecule has 0 unspecified atom stereocenters. The van der Waals surface area contributed by atoms with Gasteiger partial charge in [0.05, 0.1) is 11.9 Å². The molecule has 0 saturated carbocycles. The second-order valence-corrected chi connectivity index (χ2v) is 3.66. The number of halogens is 2. The molecule has 0 radical (unpaired) electrons. The first-order chi connectivity index (χ1) is 8.16. The average molecular weight is 270 g/mol. The lowest BCUT2D eigenvalue weighted by Gasteiger charge is -2.04. The fourth-order valence-electron chi connectivity index (χ4n) is 1.07. The summed E-state index contributed by atoms with van der Waals surface area (Å²) < 4.78 is 0. The van der Waals surface area contributed by atoms with E-state index in [1.807, 2.05) is 0 Å². The van der Waals surface area contributed by atoms with Crippen molar-refractivity contribution >= 4 is 34.8 Å². The predicted octanol–water partition coefficient (Wildman–Crippen LogP) is 1.83. The average Bonchev–Trinajstić information content (AvgIpc) is 2.29. The first-order valence-electron chi connectivity index (χ1n) is 4.43. The Kier molecular flexibility index (Phi) is 3.46. The zero-order valence-corrected chi connectivity index (χ0v) is 9.77. The first kappa shape index (κ1) is 11.7. The van der Waals surface area contributed by atoms with Crippen LogP contribution in [0.4, 0.5) is 5.69 Å². The zero-order chi connectivity index (χ0) is 12.3. The number of rotatable bonds is 2. The summed E-state index contributed by atoms with van der Waals surface area (Å²) >= 11 is 11.4. The van der Waals surface area contributed by atoms with E-state index in [9.17, 15) is 4.79 Å². The maximum absolute atomic E-state index is 11.8. The summed E-state index contributed by atoms with van der Waals surface area (Å²) in [6.45, 7) is 0. The Morgan fingerprint density at radius 2 is 2.00 bits per heavy atom. The number of aromatic nitrogens is 4. The molecule has 2 aromatic rings. The van der Waals surface area contributed by atoms with Crippen molar-refractivity contribution in [2.24, 2.45) is 0 Å². The summed E-state index contributed by atoms with van der Waals surface area (Å²) in [6, 6.07) is 1.46. The Bertz CT molecular complexity index is 563. The molecule has 0 aliphatic heterocycles. The molecule has 0 fully saturated rings. The van der Waals surface area contributed by atoms with Crippen LogP contribution in [-0.4, -0.2) is 26.1 Å². The summed E-state index contributed by atoms with van der Waals surface area (Å²) in [7, 11) is 0. The standard InChI is InChI=1S/C9H5Cl2N5O/c10-6-3-5(4-14-16-6)15-9(17)7-8(11)13-2-1-12-7/h1-4H,(H,15,16,17). The topological polar surface area (TPSA) is 80.7 Å². The van der Waals surface area contributed by atoms with Gasteiger partial charge in [-0.15, -0.1) is 5.10 Å². The normalized spacial score (nSPS) is 10.0. The number of carbonyl (C=O) groups excluding carboxylic acids is 1. The van der Waals surface area contributed by atoms with E-state index in [0.717, 1.165) is 0 Å². The lowest BCUT2D eigenvalue weighted by atomic mass is 10.4. The second-order valence-electron chi connectivity index (χ2n) is 2.92. The summed E-state index contributed by atoms with van der Waals surface area (Å²) in [4.78, 5) is 19.3. The van der Waals surface area contributed by atoms with Crippen molar-refractivity contribution in [1.82, 2.24) is 20.2 Å². The fourth-order valence-corrected chi connectivity index (χ4v) is 1.42. The molecule has 2 aromatic heterocycles. The minimum atomic E-state index is -0.493. The fraction of sp³-hybridized carbons (Fsp3) is 0. The summed E-state index contributed by atoms with van der Waals surface area (Å²) in [5.74, 6) is -0.493. The number of nitrogens with one attached hydrogen (secondary N) is 1. The van der Waals surface area contributed by atoms with Crippen molar-refractivity contribution in [3.8, 4) is 0 Å². The number of carbonyl (C=O) groups is 1. The Balaban J connectivity index is 2.20. The van der Waals surface area contributed by atoms with Gasteiger partial charge < -0.3 is 5.32 Å². The molecular weight excluding hydrogens is 265 g/mol. The summed E-state index contributed by atoms with van der Waals surface area (Å²) in [5, 5.41) is 9.86. The van der Waals surface area contributed by atoms with Gasteiger partial charge in [0, 0.05) is 18.5 Å². The second kappa shape index (κ2) is 5.03. The van der Waals surface area contributed by atoms with Crippen molar-refractivity contribution in [1.29, 1.82) is 0 Å². The molecular formula is C9H5Cl2N5O. The van der Waals surface area contributed by atoms with Gasteiger partial charge in [0.2, 0.25) is 0 Å². The Labute approximate surface area is 106 Å². The summed E-state index contributed by atoms with van der Waals surface area (Å²) in [6.07, 6.45) is 4.12. The van der Waals surface area contributed by atoms with Crippen LogP contribution in [-0.2, 0) is 0 Å². The van der Waals surface area contributed by atoms with Gasteiger partial charge in [-0.1, -0.05) is 23.2 Å². The number of nitrogens with zero attached hydrogens (tertiary/aromatic N) is 4. The van der Waals surface area contributed by atoms with Gasteiger partial charge >= 0.3 is 0 Å². The molecule has 0 saturated heterocycles. The summed E-state index contributed by atoms with van der Waals surface area (Å²) in [5.41, 5.74) is 0.429. The number of anilines is 1. The molecule has 8 heteroatoms. The van der Waals surface area contributed by atoms with Gasteiger partial charge in [0.25, 0.3) is 5.91 Å². The molecule has 1 amide bonds. The van der Waals surface area contributed by atoms with Crippen molar-refractivity contribution < 1.29 is 4.79 Å². The van der Waals surface area contributed by atoms with Gasteiger partial charge in [0.15, 0.2) is 16.0 Å². The highest BCUT2D eigenvalue weighted by Crippen LogP contribution is 2.13. The van der Waals surface area contributed by atoms with Crippen LogP contribution >= 0.6 is 23.2 Å². The smallest absolute Gasteiger partial charge is 0.277 e. The van der Waals surface area contributed by atoms with Crippen LogP contribution in [0.5, 0.6) is 0 Å². The van der Waals surface area contributed by atoms with Crippen LogP contribution in [0.15, 0.2) is 24.7 Å². The third-order valence-corrected chi connectivity index (χ3v) is 2.21. The van der Waals surface area contributed by atoms with Crippen molar-refractivity contribution in [3.63, 3.8) is 0 Å². The van der Waals surface area contributed by atoms with Gasteiger partial charge in [-0.25, -0.2) is 9.97 Å². The van der Waals surface area contributed by atoms with E-state index >= 15 is 0 Å². The lowest BCUT2D eigenvalue weighted by molar-refractivity contribution is 0.102. The van der Waals surface area contributed by atoms with E-state index in [0.29, 0.717) is 5.69 Å². The molecule has 0 aliphatic carbocycles. The number of amides is 1. The monoisotopic (exact) mass is 269 g/mol. The molecule has 0 atom stereocenters. The molecule has 1 N–H and O–H groups in total. The molecule has 0 spiro atoms. The van der Waals surface area contributed by atoms with E-state index in [1.165, 1.54) is 24.7 Å². The van der Waals surface area contributed by atoms with Crippen LogP contribution in [0.3, 0.4) is 0 Å². The quantitative estimate of drug-likeness (QED) is 0.900. The maximum atomic E-state index is 11.8. The highest BCUT2D eigenvalue weighted by atomic mass is 35.5. The molecule has 86 valence electrons. The third-order valence-electron chi connectivity index (χ3n) is 1.75. The number of hydrogen-bond donors (Lipinski definition) is 1. The molecule has 0 bridgehead atoms. The van der Waals surface area contributed by atoms with Gasteiger partial charge in [0.1, 0.15) is 0 Å². The zero-order valence-electron chi connectivity index (χ0n) is 8.26. The predicted molar refractivity (Wildman–Crippen MR) is 62.0 cm³/mol. The van der Waals surface area contributed by atoms with Crippen molar-refractivity contribution in [2.75, 3.05) is 5.32 Å². The molecule has 0 aromatic carbocycles. The minimum Gasteiger partial charge on any atom is -0.319 e. The van der Waals surface area contributed by atoms with Crippen LogP contribution < -0.4 is 5.32 Å². The highest BCUT2D eigenvalue weighted by Gasteiger charge is 2.13. The molecule has 0 aliphatic rings. The lowest BCUT2D eigenvalue weighted by Crippen LogP contribution is -2.15. The maximum Gasteiger partial charge on any atom is 0.277 e. The Hall–Kier alpha value is -1.79.